The maximum absolute atomic E-state index is 13.9. The third-order valence-corrected chi connectivity index (χ3v) is 8.55. The molecule has 2 aliphatic carbocycles. The van der Waals surface area contributed by atoms with Crippen molar-refractivity contribution in [2.75, 3.05) is 18.6 Å². The summed E-state index contributed by atoms with van der Waals surface area (Å²) < 4.78 is 7.14. The minimum Gasteiger partial charge on any atom is -0.496 e. The first-order chi connectivity index (χ1) is 18.4. The number of hydrogen-bond donors (Lipinski definition) is 1. The van der Waals surface area contributed by atoms with Gasteiger partial charge in [-0.25, -0.2) is 0 Å². The van der Waals surface area contributed by atoms with E-state index in [9.17, 15) is 9.90 Å². The lowest BCUT2D eigenvalue weighted by molar-refractivity contribution is -0.124. The number of carbonyl (C=O) groups excluding carboxylic acids is 1. The Bertz CT molecular complexity index is 1240. The van der Waals surface area contributed by atoms with E-state index in [2.05, 4.69) is 41.5 Å². The van der Waals surface area contributed by atoms with Gasteiger partial charge in [-0.2, -0.15) is 0 Å². The molecule has 2 saturated carbocycles. The molecule has 1 N–H and O–H groups in total. The molecule has 1 amide bonds. The maximum Gasteiger partial charge on any atom is 0.230 e. The molecule has 0 unspecified atom stereocenters. The number of benzene rings is 2. The average molecular weight is 517 g/mol. The van der Waals surface area contributed by atoms with Gasteiger partial charge in [-0.1, -0.05) is 29.5 Å². The van der Waals surface area contributed by atoms with Crippen molar-refractivity contribution in [2.45, 2.75) is 70.3 Å². The maximum atomic E-state index is 13.9. The first-order valence-corrected chi connectivity index (χ1v) is 14.0. The molecule has 38 heavy (non-hydrogen) atoms. The van der Waals surface area contributed by atoms with E-state index in [0.29, 0.717) is 24.7 Å². The third-order valence-electron chi connectivity index (χ3n) is 8.55. The Morgan fingerprint density at radius 3 is 2.47 bits per heavy atom. The van der Waals surface area contributed by atoms with Crippen LogP contribution in [0.3, 0.4) is 0 Å². The van der Waals surface area contributed by atoms with Gasteiger partial charge < -0.3 is 14.7 Å². The fourth-order valence-corrected chi connectivity index (χ4v) is 6.27. The van der Waals surface area contributed by atoms with Gasteiger partial charge in [0.2, 0.25) is 5.91 Å². The van der Waals surface area contributed by atoms with Crippen molar-refractivity contribution in [1.29, 1.82) is 0 Å². The van der Waals surface area contributed by atoms with Crippen LogP contribution >= 0.6 is 0 Å². The van der Waals surface area contributed by atoms with Crippen molar-refractivity contribution in [3.8, 4) is 17.0 Å². The number of aromatic nitrogens is 3. The van der Waals surface area contributed by atoms with Crippen LogP contribution in [-0.4, -0.2) is 45.8 Å². The normalized spacial score (nSPS) is 23.7. The number of nitrogens with zero attached hydrogens (tertiary/aromatic N) is 4. The number of aliphatic hydroxyl groups excluding tert-OH is 1. The van der Waals surface area contributed by atoms with E-state index >= 15 is 0 Å². The van der Waals surface area contributed by atoms with Crippen molar-refractivity contribution in [3.63, 3.8) is 0 Å². The molecule has 2 fully saturated rings. The first kappa shape index (κ1) is 26.4. The molecular formula is C31H40N4O3. The average Bonchev–Trinajstić information content (AvgIpc) is 3.38. The quantitative estimate of drug-likeness (QED) is 0.438. The number of carbonyl (C=O) groups is 1. The molecule has 7 nitrogen and oxygen atoms in total. The van der Waals surface area contributed by atoms with E-state index in [-0.39, 0.29) is 17.9 Å². The van der Waals surface area contributed by atoms with Crippen LogP contribution in [0.25, 0.3) is 11.3 Å². The van der Waals surface area contributed by atoms with Crippen LogP contribution in [0.15, 0.2) is 48.7 Å². The van der Waals surface area contributed by atoms with Crippen LogP contribution in [0.5, 0.6) is 5.75 Å². The molecule has 5 rings (SSSR count). The summed E-state index contributed by atoms with van der Waals surface area (Å²) in [4.78, 5) is 15.9. The van der Waals surface area contributed by atoms with E-state index < -0.39 is 0 Å². The minimum absolute atomic E-state index is 0.0304. The number of hydrogen-bond acceptors (Lipinski definition) is 5. The van der Waals surface area contributed by atoms with Gasteiger partial charge in [0, 0.05) is 30.8 Å². The van der Waals surface area contributed by atoms with Crippen LogP contribution in [0.2, 0.25) is 0 Å². The number of rotatable bonds is 7. The molecule has 3 aromatic rings. The minimum atomic E-state index is -0.274. The molecule has 0 saturated heterocycles. The fraction of sp³-hybridized carbons (Fsp3) is 0.516. The van der Waals surface area contributed by atoms with E-state index in [1.807, 2.05) is 36.3 Å². The summed E-state index contributed by atoms with van der Waals surface area (Å²) in [7, 11) is 3.58. The van der Waals surface area contributed by atoms with Crippen molar-refractivity contribution < 1.29 is 14.6 Å². The van der Waals surface area contributed by atoms with Gasteiger partial charge in [0.05, 0.1) is 19.4 Å². The Kier molecular flexibility index (Phi) is 8.12. The second-order valence-electron chi connectivity index (χ2n) is 11.2. The van der Waals surface area contributed by atoms with E-state index in [0.717, 1.165) is 67.8 Å². The van der Waals surface area contributed by atoms with Crippen LogP contribution in [0.1, 0.15) is 68.4 Å². The molecule has 0 bridgehead atoms. The van der Waals surface area contributed by atoms with Gasteiger partial charge >= 0.3 is 0 Å². The summed E-state index contributed by atoms with van der Waals surface area (Å²) in [5.74, 6) is 2.12. The highest BCUT2D eigenvalue weighted by Gasteiger charge is 2.32. The zero-order valence-corrected chi connectivity index (χ0v) is 22.8. The zero-order chi connectivity index (χ0) is 26.6. The lowest BCUT2D eigenvalue weighted by Gasteiger charge is -2.36. The van der Waals surface area contributed by atoms with Crippen LogP contribution in [0, 0.1) is 18.8 Å². The summed E-state index contributed by atoms with van der Waals surface area (Å²) in [5, 5.41) is 18.4. The molecule has 7 heteroatoms. The number of methoxy groups -OCH3 is 1. The Morgan fingerprint density at radius 2 is 1.82 bits per heavy atom. The van der Waals surface area contributed by atoms with Crippen molar-refractivity contribution >= 4 is 11.6 Å². The van der Waals surface area contributed by atoms with Crippen LogP contribution < -0.4 is 9.64 Å². The number of anilines is 1. The van der Waals surface area contributed by atoms with Crippen molar-refractivity contribution in [1.82, 2.24) is 15.0 Å². The van der Waals surface area contributed by atoms with E-state index in [1.165, 1.54) is 11.1 Å². The summed E-state index contributed by atoms with van der Waals surface area (Å²) in [6, 6.07) is 14.7. The lowest BCUT2D eigenvalue weighted by atomic mass is 9.78. The summed E-state index contributed by atoms with van der Waals surface area (Å²) in [6.45, 7) is 2.84. The lowest BCUT2D eigenvalue weighted by Crippen LogP contribution is -2.41. The molecule has 0 radical (unpaired) electrons. The predicted octanol–water partition coefficient (Wildman–Crippen LogP) is 5.66. The molecule has 1 heterocycles. The molecule has 2 aromatic carbocycles. The zero-order valence-electron chi connectivity index (χ0n) is 22.8. The van der Waals surface area contributed by atoms with Crippen molar-refractivity contribution in [2.24, 2.45) is 18.9 Å². The van der Waals surface area contributed by atoms with Gasteiger partial charge in [-0.3, -0.25) is 9.48 Å². The number of aliphatic hydroxyl groups is 1. The van der Waals surface area contributed by atoms with Crippen LogP contribution in [0.4, 0.5) is 5.69 Å². The summed E-state index contributed by atoms with van der Waals surface area (Å²) in [6.07, 6.45) is 9.02. The van der Waals surface area contributed by atoms with E-state index in [1.54, 1.807) is 11.8 Å². The number of amides is 1. The monoisotopic (exact) mass is 516 g/mol. The van der Waals surface area contributed by atoms with Gasteiger partial charge in [-0.15, -0.1) is 5.10 Å². The standard InChI is InChI=1S/C31H40N4O3/c1-21-17-25(13-16-30(21)38-3)23-9-7-22(8-10-23)19-35(31(37)24-11-14-28(36)15-12-24)27-6-4-5-26(18-27)29-20-34(2)33-32-29/h4-6,13,16-18,20,22-24,28,36H,7-12,14-15,19H2,1-3H3. The predicted molar refractivity (Wildman–Crippen MR) is 149 cm³/mol. The fourth-order valence-electron chi connectivity index (χ4n) is 6.27. The first-order valence-electron chi connectivity index (χ1n) is 14.0. The van der Waals surface area contributed by atoms with Gasteiger partial charge in [0.25, 0.3) is 0 Å². The Morgan fingerprint density at radius 1 is 1.05 bits per heavy atom. The molecule has 1 aromatic heterocycles. The smallest absolute Gasteiger partial charge is 0.230 e. The largest absolute Gasteiger partial charge is 0.496 e. The SMILES string of the molecule is COc1ccc(C2CCC(CN(C(=O)C3CCC(O)CC3)c3cccc(-c4cn(C)nn4)c3)CC2)cc1C. The van der Waals surface area contributed by atoms with Gasteiger partial charge in [0.15, 0.2) is 0 Å². The summed E-state index contributed by atoms with van der Waals surface area (Å²) in [5.41, 5.74) is 5.28. The second kappa shape index (κ2) is 11.7. The third kappa shape index (κ3) is 5.93. The number of ether oxygens (including phenoxy) is 1. The molecule has 0 aliphatic heterocycles. The molecule has 202 valence electrons. The highest BCUT2D eigenvalue weighted by molar-refractivity contribution is 5.95. The van der Waals surface area contributed by atoms with E-state index in [4.69, 9.17) is 4.74 Å². The Hall–Kier alpha value is -3.19. The molecule has 0 spiro atoms. The van der Waals surface area contributed by atoms with Gasteiger partial charge in [-0.05, 0) is 99.5 Å². The molecule has 0 atom stereocenters. The van der Waals surface area contributed by atoms with Crippen molar-refractivity contribution in [3.05, 3.63) is 59.8 Å². The molecule has 2 aliphatic rings. The van der Waals surface area contributed by atoms with Crippen LogP contribution in [-0.2, 0) is 11.8 Å². The highest BCUT2D eigenvalue weighted by Crippen LogP contribution is 2.39. The Balaban J connectivity index is 1.32. The highest BCUT2D eigenvalue weighted by atomic mass is 16.5. The number of aryl methyl sites for hydroxylation is 2. The Labute approximate surface area is 225 Å². The second-order valence-corrected chi connectivity index (χ2v) is 11.2. The summed E-state index contributed by atoms with van der Waals surface area (Å²) >= 11 is 0. The molecular weight excluding hydrogens is 476 g/mol. The van der Waals surface area contributed by atoms with Gasteiger partial charge in [0.1, 0.15) is 11.4 Å². The topological polar surface area (TPSA) is 80.5 Å².